The lowest BCUT2D eigenvalue weighted by atomic mass is 9.98. The van der Waals surface area contributed by atoms with Gasteiger partial charge in [0.05, 0.1) is 24.6 Å². The van der Waals surface area contributed by atoms with Crippen LogP contribution in [0.5, 0.6) is 0 Å². The van der Waals surface area contributed by atoms with Crippen molar-refractivity contribution in [1.82, 2.24) is 19.8 Å². The van der Waals surface area contributed by atoms with E-state index in [0.717, 1.165) is 68.0 Å². The van der Waals surface area contributed by atoms with Crippen molar-refractivity contribution in [2.75, 3.05) is 50.8 Å². The van der Waals surface area contributed by atoms with E-state index in [1.165, 1.54) is 0 Å². The monoisotopic (exact) mass is 439 g/mol. The van der Waals surface area contributed by atoms with Crippen molar-refractivity contribution in [1.29, 1.82) is 0 Å². The van der Waals surface area contributed by atoms with E-state index in [-0.39, 0.29) is 17.8 Å². The molecule has 2 aromatic rings. The number of para-hydroxylation sites is 1. The number of hydrogen-bond donors (Lipinski definition) is 0. The molecule has 8 nitrogen and oxygen atoms in total. The van der Waals surface area contributed by atoms with Gasteiger partial charge < -0.3 is 14.5 Å². The summed E-state index contributed by atoms with van der Waals surface area (Å²) in [4.78, 5) is 40.4. The average molecular weight is 440 g/mol. The van der Waals surface area contributed by atoms with Gasteiger partial charge in [-0.05, 0) is 44.9 Å². The maximum Gasteiger partial charge on any atom is 0.310 e. The summed E-state index contributed by atoms with van der Waals surface area (Å²) in [5.41, 5.74) is 0.930. The average Bonchev–Trinajstić information content (AvgIpc) is 3.05. The summed E-state index contributed by atoms with van der Waals surface area (Å²) in [6.07, 6.45) is 2.76. The first kappa shape index (κ1) is 22.5. The Kier molecular flexibility index (Phi) is 7.19. The van der Waals surface area contributed by atoms with E-state index in [4.69, 9.17) is 14.7 Å². The van der Waals surface area contributed by atoms with Gasteiger partial charge in [-0.1, -0.05) is 12.1 Å². The molecule has 1 atom stereocenters. The van der Waals surface area contributed by atoms with Crippen molar-refractivity contribution in [3.05, 3.63) is 30.1 Å². The molecule has 0 aliphatic carbocycles. The third-order valence-corrected chi connectivity index (χ3v) is 6.36. The number of benzene rings is 1. The second kappa shape index (κ2) is 10.3. The first-order valence-electron chi connectivity index (χ1n) is 11.7. The lowest BCUT2D eigenvalue weighted by Gasteiger charge is -2.31. The number of likely N-dealkylation sites (tertiary alicyclic amines) is 1. The van der Waals surface area contributed by atoms with Crippen LogP contribution in [0.1, 0.15) is 38.9 Å². The molecule has 2 aliphatic rings. The van der Waals surface area contributed by atoms with E-state index < -0.39 is 0 Å². The number of aromatic nitrogens is 2. The Labute approximate surface area is 189 Å². The smallest absolute Gasteiger partial charge is 0.310 e. The lowest BCUT2D eigenvalue weighted by molar-refractivity contribution is -0.150. The number of hydrogen-bond acceptors (Lipinski definition) is 7. The minimum absolute atomic E-state index is 0.0770. The molecule has 8 heteroatoms. The highest BCUT2D eigenvalue weighted by Crippen LogP contribution is 2.26. The fraction of sp³-hybridized carbons (Fsp3) is 0.583. The molecule has 2 saturated heterocycles. The highest BCUT2D eigenvalue weighted by Gasteiger charge is 2.28. The lowest BCUT2D eigenvalue weighted by Crippen LogP contribution is -2.39. The van der Waals surface area contributed by atoms with Crippen LogP contribution in [-0.4, -0.2) is 77.5 Å². The summed E-state index contributed by atoms with van der Waals surface area (Å²) in [6, 6.07) is 8.12. The van der Waals surface area contributed by atoms with Gasteiger partial charge in [0, 0.05) is 45.0 Å². The molecule has 2 fully saturated rings. The largest absolute Gasteiger partial charge is 0.466 e. The number of amides is 1. The summed E-state index contributed by atoms with van der Waals surface area (Å²) < 4.78 is 5.24. The summed E-state index contributed by atoms with van der Waals surface area (Å²) in [5.74, 6) is 1.66. The van der Waals surface area contributed by atoms with Gasteiger partial charge in [-0.15, -0.1) is 0 Å². The molecule has 4 rings (SSSR count). The number of esters is 1. The highest BCUT2D eigenvalue weighted by atomic mass is 16.5. The Morgan fingerprint density at radius 3 is 2.72 bits per heavy atom. The molecule has 0 saturated carbocycles. The quantitative estimate of drug-likeness (QED) is 0.662. The van der Waals surface area contributed by atoms with Gasteiger partial charge in [0.15, 0.2) is 0 Å². The van der Waals surface area contributed by atoms with E-state index in [0.29, 0.717) is 26.2 Å². The molecule has 0 bridgehead atoms. The molecule has 1 amide bonds. The predicted molar refractivity (Wildman–Crippen MR) is 123 cm³/mol. The Morgan fingerprint density at radius 1 is 1.06 bits per heavy atom. The molecule has 0 N–H and O–H groups in total. The fourth-order valence-electron chi connectivity index (χ4n) is 4.71. The molecule has 172 valence electrons. The van der Waals surface area contributed by atoms with Gasteiger partial charge in [0.25, 0.3) is 0 Å². The zero-order chi connectivity index (χ0) is 22.5. The first-order valence-corrected chi connectivity index (χ1v) is 11.7. The van der Waals surface area contributed by atoms with Gasteiger partial charge in [-0.2, -0.15) is 0 Å². The number of ether oxygens (including phenoxy) is 1. The number of piperidine rings is 1. The van der Waals surface area contributed by atoms with Crippen LogP contribution in [0.3, 0.4) is 0 Å². The van der Waals surface area contributed by atoms with E-state index in [1.807, 2.05) is 30.0 Å². The molecule has 3 heterocycles. The van der Waals surface area contributed by atoms with E-state index in [2.05, 4.69) is 15.9 Å². The second-order valence-corrected chi connectivity index (χ2v) is 8.65. The number of anilines is 1. The molecule has 0 radical (unpaired) electrons. The second-order valence-electron chi connectivity index (χ2n) is 8.65. The van der Waals surface area contributed by atoms with Crippen molar-refractivity contribution in [2.45, 2.75) is 39.7 Å². The third-order valence-electron chi connectivity index (χ3n) is 6.36. The molecular formula is C24H33N5O3. The van der Waals surface area contributed by atoms with Crippen molar-refractivity contribution < 1.29 is 14.3 Å². The van der Waals surface area contributed by atoms with Gasteiger partial charge in [0.2, 0.25) is 5.91 Å². The van der Waals surface area contributed by atoms with Crippen LogP contribution in [0.2, 0.25) is 0 Å². The topological polar surface area (TPSA) is 78.9 Å². The van der Waals surface area contributed by atoms with Gasteiger partial charge >= 0.3 is 5.97 Å². The fourth-order valence-corrected chi connectivity index (χ4v) is 4.71. The van der Waals surface area contributed by atoms with Crippen molar-refractivity contribution in [3.8, 4) is 0 Å². The third kappa shape index (κ3) is 5.18. The Balaban J connectivity index is 1.56. The van der Waals surface area contributed by atoms with Gasteiger partial charge in [-0.3, -0.25) is 14.5 Å². The Bertz CT molecular complexity index is 966. The van der Waals surface area contributed by atoms with E-state index in [9.17, 15) is 9.59 Å². The number of carbonyl (C=O) groups excluding carboxylic acids is 2. The Hall–Kier alpha value is -2.74. The first-order chi connectivity index (χ1) is 15.5. The zero-order valence-electron chi connectivity index (χ0n) is 19.1. The molecular weight excluding hydrogens is 406 g/mol. The molecule has 1 aromatic carbocycles. The molecule has 0 spiro atoms. The Morgan fingerprint density at radius 2 is 1.91 bits per heavy atom. The van der Waals surface area contributed by atoms with Crippen molar-refractivity contribution in [3.63, 3.8) is 0 Å². The van der Waals surface area contributed by atoms with Crippen molar-refractivity contribution in [2.24, 2.45) is 5.92 Å². The summed E-state index contributed by atoms with van der Waals surface area (Å²) in [5, 5.41) is 1.04. The van der Waals surface area contributed by atoms with Gasteiger partial charge in [0.1, 0.15) is 11.6 Å². The van der Waals surface area contributed by atoms with Crippen LogP contribution in [0.4, 0.5) is 5.82 Å². The standard InChI is InChI=1S/C24H33N5O3/c1-3-32-24(31)19-8-6-11-27(16-19)17-22-25-21-10-5-4-9-20(21)23(26-22)29-13-7-12-28(14-15-29)18(2)30/h4-5,9-10,19H,3,6-8,11-17H2,1-2H3. The number of rotatable bonds is 5. The minimum atomic E-state index is -0.100. The highest BCUT2D eigenvalue weighted by molar-refractivity contribution is 5.89. The molecule has 1 unspecified atom stereocenters. The molecule has 2 aliphatic heterocycles. The van der Waals surface area contributed by atoms with Gasteiger partial charge in [-0.25, -0.2) is 9.97 Å². The van der Waals surface area contributed by atoms with E-state index in [1.54, 1.807) is 6.92 Å². The summed E-state index contributed by atoms with van der Waals surface area (Å²) in [7, 11) is 0. The zero-order valence-corrected chi connectivity index (χ0v) is 19.1. The number of carbonyl (C=O) groups is 2. The summed E-state index contributed by atoms with van der Waals surface area (Å²) in [6.45, 7) is 9.23. The van der Waals surface area contributed by atoms with Crippen LogP contribution >= 0.6 is 0 Å². The van der Waals surface area contributed by atoms with E-state index >= 15 is 0 Å². The maximum absolute atomic E-state index is 12.2. The van der Waals surface area contributed by atoms with Crippen molar-refractivity contribution >= 4 is 28.6 Å². The van der Waals surface area contributed by atoms with Crippen LogP contribution in [-0.2, 0) is 20.9 Å². The van der Waals surface area contributed by atoms with Crippen LogP contribution < -0.4 is 4.90 Å². The normalized spacial score (nSPS) is 20.2. The van der Waals surface area contributed by atoms with Crippen LogP contribution in [0.15, 0.2) is 24.3 Å². The minimum Gasteiger partial charge on any atom is -0.466 e. The SMILES string of the molecule is CCOC(=O)C1CCCN(Cc2nc(N3CCCN(C(C)=O)CC3)c3ccccc3n2)C1. The summed E-state index contributed by atoms with van der Waals surface area (Å²) >= 11 is 0. The predicted octanol–water partition coefficient (Wildman–Crippen LogP) is 2.46. The number of nitrogens with zero attached hydrogens (tertiary/aromatic N) is 5. The van der Waals surface area contributed by atoms with Crippen LogP contribution in [0, 0.1) is 5.92 Å². The van der Waals surface area contributed by atoms with Crippen LogP contribution in [0.25, 0.3) is 10.9 Å². The maximum atomic E-state index is 12.2. The number of fused-ring (bicyclic) bond motifs is 1. The molecule has 32 heavy (non-hydrogen) atoms. The molecule has 1 aromatic heterocycles.